The highest BCUT2D eigenvalue weighted by Crippen LogP contribution is 2.22. The van der Waals surface area contributed by atoms with Gasteiger partial charge in [0.1, 0.15) is 0 Å². The summed E-state index contributed by atoms with van der Waals surface area (Å²) >= 11 is 4.41. The quantitative estimate of drug-likeness (QED) is 0.667. The Morgan fingerprint density at radius 2 is 2.21 bits per heavy atom. The third-order valence-corrected chi connectivity index (χ3v) is 3.94. The van der Waals surface area contributed by atoms with E-state index in [9.17, 15) is 0 Å². The molecule has 0 saturated carbocycles. The molecule has 1 rings (SSSR count). The van der Waals surface area contributed by atoms with Crippen LogP contribution in [0, 0.1) is 11.8 Å². The first-order chi connectivity index (χ1) is 6.80. The highest BCUT2D eigenvalue weighted by Gasteiger charge is 2.22. The third-order valence-electron chi connectivity index (χ3n) is 3.42. The van der Waals surface area contributed by atoms with E-state index in [0.29, 0.717) is 0 Å². The maximum absolute atomic E-state index is 4.41. The molecule has 2 unspecified atom stereocenters. The number of hydrogen-bond acceptors (Lipinski definition) is 2. The molecule has 1 fully saturated rings. The molecule has 1 aliphatic heterocycles. The third kappa shape index (κ3) is 3.82. The maximum atomic E-state index is 4.41. The molecule has 1 nitrogen and oxygen atoms in total. The first-order valence-corrected chi connectivity index (χ1v) is 6.76. The average molecular weight is 215 g/mol. The van der Waals surface area contributed by atoms with E-state index in [2.05, 4.69) is 31.4 Å². The van der Waals surface area contributed by atoms with E-state index >= 15 is 0 Å². The summed E-state index contributed by atoms with van der Waals surface area (Å²) in [5.74, 6) is 2.84. The Morgan fingerprint density at radius 1 is 1.43 bits per heavy atom. The summed E-state index contributed by atoms with van der Waals surface area (Å²) in [6.07, 6.45) is 5.48. The van der Waals surface area contributed by atoms with Crippen molar-refractivity contribution >= 4 is 12.6 Å². The lowest BCUT2D eigenvalue weighted by molar-refractivity contribution is 0.275. The fourth-order valence-electron chi connectivity index (χ4n) is 2.40. The molecule has 0 amide bonds. The molecule has 1 saturated heterocycles. The van der Waals surface area contributed by atoms with Crippen molar-refractivity contribution in [2.45, 2.75) is 39.5 Å². The molecule has 0 spiro atoms. The molecule has 0 aromatic heterocycles. The van der Waals surface area contributed by atoms with Crippen molar-refractivity contribution in [3.05, 3.63) is 0 Å². The summed E-state index contributed by atoms with van der Waals surface area (Å²) in [5.41, 5.74) is 0. The van der Waals surface area contributed by atoms with Gasteiger partial charge in [-0.25, -0.2) is 0 Å². The van der Waals surface area contributed by atoms with Gasteiger partial charge < -0.3 is 4.90 Å². The molecule has 84 valence electrons. The minimum atomic E-state index is 0.804. The van der Waals surface area contributed by atoms with Crippen LogP contribution in [0.4, 0.5) is 0 Å². The monoisotopic (exact) mass is 215 g/mol. The number of hydrogen-bond donors (Lipinski definition) is 1. The fourth-order valence-corrected chi connectivity index (χ4v) is 2.78. The van der Waals surface area contributed by atoms with Crippen molar-refractivity contribution in [3.8, 4) is 0 Å². The van der Waals surface area contributed by atoms with Crippen LogP contribution < -0.4 is 0 Å². The van der Waals surface area contributed by atoms with Crippen LogP contribution in [0.5, 0.6) is 0 Å². The Kier molecular flexibility index (Phi) is 5.95. The lowest BCUT2D eigenvalue weighted by atomic mass is 10.0. The normalized spacial score (nSPS) is 25.5. The Morgan fingerprint density at radius 3 is 2.79 bits per heavy atom. The van der Waals surface area contributed by atoms with Gasteiger partial charge in [0.25, 0.3) is 0 Å². The van der Waals surface area contributed by atoms with Gasteiger partial charge in [-0.15, -0.1) is 0 Å². The molecule has 0 aromatic carbocycles. The second kappa shape index (κ2) is 6.73. The van der Waals surface area contributed by atoms with Gasteiger partial charge in [-0.2, -0.15) is 12.6 Å². The largest absolute Gasteiger partial charge is 0.303 e. The summed E-state index contributed by atoms with van der Waals surface area (Å²) in [7, 11) is 0. The molecule has 1 aliphatic rings. The molecular weight excluding hydrogens is 190 g/mol. The number of thiol groups is 1. The zero-order chi connectivity index (χ0) is 10.4. The van der Waals surface area contributed by atoms with E-state index in [1.165, 1.54) is 45.3 Å². The molecule has 1 heterocycles. The highest BCUT2D eigenvalue weighted by molar-refractivity contribution is 7.80. The predicted molar refractivity (Wildman–Crippen MR) is 67.1 cm³/mol. The van der Waals surface area contributed by atoms with Gasteiger partial charge in [-0.3, -0.25) is 0 Å². The van der Waals surface area contributed by atoms with Crippen molar-refractivity contribution in [1.29, 1.82) is 0 Å². The molecule has 0 aliphatic carbocycles. The summed E-state index contributed by atoms with van der Waals surface area (Å²) in [5, 5.41) is 0. The summed E-state index contributed by atoms with van der Waals surface area (Å²) in [6.45, 7) is 8.53. The zero-order valence-corrected chi connectivity index (χ0v) is 10.6. The number of nitrogens with zero attached hydrogens (tertiary/aromatic N) is 1. The molecule has 2 heteroatoms. The van der Waals surface area contributed by atoms with Crippen LogP contribution in [0.3, 0.4) is 0 Å². The standard InChI is InChI=1S/C12H25NS/c1-3-5-12-6-7-13(9-12)8-11(4-2)10-14/h11-12,14H,3-10H2,1-2H3. The van der Waals surface area contributed by atoms with Gasteiger partial charge >= 0.3 is 0 Å². The molecule has 0 bridgehead atoms. The Bertz CT molecular complexity index is 145. The van der Waals surface area contributed by atoms with E-state index in [1.54, 1.807) is 0 Å². The van der Waals surface area contributed by atoms with E-state index < -0.39 is 0 Å². The van der Waals surface area contributed by atoms with Crippen LogP contribution in [-0.2, 0) is 0 Å². The van der Waals surface area contributed by atoms with Crippen molar-refractivity contribution in [1.82, 2.24) is 4.90 Å². The van der Waals surface area contributed by atoms with Crippen LogP contribution >= 0.6 is 12.6 Å². The molecule has 2 atom stereocenters. The number of likely N-dealkylation sites (tertiary alicyclic amines) is 1. The van der Waals surface area contributed by atoms with E-state index in [-0.39, 0.29) is 0 Å². The Balaban J connectivity index is 2.21. The molecular formula is C12H25NS. The second-order valence-corrected chi connectivity index (χ2v) is 5.02. The first-order valence-electron chi connectivity index (χ1n) is 6.13. The molecule has 0 aromatic rings. The van der Waals surface area contributed by atoms with Gasteiger partial charge in [0.15, 0.2) is 0 Å². The van der Waals surface area contributed by atoms with Crippen LogP contribution in [0.25, 0.3) is 0 Å². The van der Waals surface area contributed by atoms with Gasteiger partial charge in [0.05, 0.1) is 0 Å². The first kappa shape index (κ1) is 12.4. The predicted octanol–water partition coefficient (Wildman–Crippen LogP) is 3.06. The Labute approximate surface area is 94.7 Å². The highest BCUT2D eigenvalue weighted by atomic mass is 32.1. The van der Waals surface area contributed by atoms with E-state index in [1.807, 2.05) is 0 Å². The smallest absolute Gasteiger partial charge is 0.00175 e. The second-order valence-electron chi connectivity index (χ2n) is 4.66. The van der Waals surface area contributed by atoms with E-state index in [0.717, 1.165) is 17.6 Å². The Hall–Kier alpha value is 0.310. The van der Waals surface area contributed by atoms with Gasteiger partial charge in [-0.1, -0.05) is 26.7 Å². The fraction of sp³-hybridized carbons (Fsp3) is 1.00. The van der Waals surface area contributed by atoms with Crippen LogP contribution in [0.2, 0.25) is 0 Å². The van der Waals surface area contributed by atoms with Gasteiger partial charge in [0.2, 0.25) is 0 Å². The lowest BCUT2D eigenvalue weighted by Gasteiger charge is -2.21. The zero-order valence-electron chi connectivity index (χ0n) is 9.71. The van der Waals surface area contributed by atoms with Crippen molar-refractivity contribution in [3.63, 3.8) is 0 Å². The van der Waals surface area contributed by atoms with Crippen molar-refractivity contribution < 1.29 is 0 Å². The molecule has 14 heavy (non-hydrogen) atoms. The van der Waals surface area contributed by atoms with Gasteiger partial charge in [0, 0.05) is 13.1 Å². The SMILES string of the molecule is CCCC1CCN(CC(CC)CS)C1. The lowest BCUT2D eigenvalue weighted by Crippen LogP contribution is -2.28. The van der Waals surface area contributed by atoms with E-state index in [4.69, 9.17) is 0 Å². The van der Waals surface area contributed by atoms with Crippen LogP contribution in [0.1, 0.15) is 39.5 Å². The van der Waals surface area contributed by atoms with Crippen LogP contribution in [-0.4, -0.2) is 30.3 Å². The van der Waals surface area contributed by atoms with Crippen molar-refractivity contribution in [2.75, 3.05) is 25.4 Å². The van der Waals surface area contributed by atoms with Crippen LogP contribution in [0.15, 0.2) is 0 Å². The minimum absolute atomic E-state index is 0.804. The summed E-state index contributed by atoms with van der Waals surface area (Å²) in [6, 6.07) is 0. The topological polar surface area (TPSA) is 3.24 Å². The summed E-state index contributed by atoms with van der Waals surface area (Å²) in [4.78, 5) is 2.64. The molecule has 0 radical (unpaired) electrons. The summed E-state index contributed by atoms with van der Waals surface area (Å²) < 4.78 is 0. The minimum Gasteiger partial charge on any atom is -0.303 e. The van der Waals surface area contributed by atoms with Crippen molar-refractivity contribution in [2.24, 2.45) is 11.8 Å². The maximum Gasteiger partial charge on any atom is 0.00175 e. The van der Waals surface area contributed by atoms with Gasteiger partial charge in [-0.05, 0) is 37.0 Å². The number of rotatable bonds is 6. The average Bonchev–Trinajstić information content (AvgIpc) is 2.63. The molecule has 0 N–H and O–H groups in total.